The first-order chi connectivity index (χ1) is 9.76. The Balaban J connectivity index is 3.15. The fraction of sp³-hybridized carbons (Fsp3) is 0.500. The molecule has 21 heavy (non-hydrogen) atoms. The minimum atomic E-state index is -1.02. The third-order valence-corrected chi connectivity index (χ3v) is 5.34. The van der Waals surface area contributed by atoms with E-state index in [0.29, 0.717) is 24.2 Å². The average molecular weight is 357 g/mol. The molecule has 5 heteroatoms. The molecule has 0 radical (unpaired) electrons. The van der Waals surface area contributed by atoms with Gasteiger partial charge in [-0.1, -0.05) is 29.8 Å². The molecule has 0 aromatic heterocycles. The molecular formula is C16H21BrO4. The molecule has 0 spiro atoms. The second kappa shape index (κ2) is 7.07. The van der Waals surface area contributed by atoms with E-state index in [0.717, 1.165) is 11.1 Å². The van der Waals surface area contributed by atoms with Crippen molar-refractivity contribution < 1.29 is 19.4 Å². The predicted molar refractivity (Wildman–Crippen MR) is 85.6 cm³/mol. The number of benzene rings is 1. The van der Waals surface area contributed by atoms with Crippen LogP contribution in [0.15, 0.2) is 12.1 Å². The van der Waals surface area contributed by atoms with Crippen molar-refractivity contribution in [2.75, 3.05) is 6.61 Å². The van der Waals surface area contributed by atoms with Gasteiger partial charge in [-0.25, -0.2) is 4.79 Å². The standard InChI is InChI=1S/C16H21BrO4/c1-5-16(17,6-2)15(20)12-7-8-13(11(4)10(12)3)21-9-14(18)19/h7-8H,5-6,9H2,1-4H3,(H,18,19). The Morgan fingerprint density at radius 3 is 2.24 bits per heavy atom. The number of hydrogen-bond donors (Lipinski definition) is 1. The monoisotopic (exact) mass is 356 g/mol. The minimum absolute atomic E-state index is 0.0536. The maximum absolute atomic E-state index is 12.7. The Bertz CT molecular complexity index is 547. The van der Waals surface area contributed by atoms with Gasteiger partial charge in [-0.3, -0.25) is 4.79 Å². The highest BCUT2D eigenvalue weighted by molar-refractivity contribution is 9.10. The van der Waals surface area contributed by atoms with E-state index < -0.39 is 10.3 Å². The number of carboxylic acid groups (broad SMARTS) is 1. The second-order valence-corrected chi connectivity index (χ2v) is 6.56. The summed E-state index contributed by atoms with van der Waals surface area (Å²) < 4.78 is 4.68. The first-order valence-corrected chi connectivity index (χ1v) is 7.74. The summed E-state index contributed by atoms with van der Waals surface area (Å²) in [6.45, 7) is 7.25. The molecule has 0 aliphatic heterocycles. The van der Waals surface area contributed by atoms with Crippen molar-refractivity contribution in [2.45, 2.75) is 44.9 Å². The molecule has 0 heterocycles. The Morgan fingerprint density at radius 2 is 1.76 bits per heavy atom. The number of alkyl halides is 1. The second-order valence-electron chi connectivity index (χ2n) is 5.05. The number of aliphatic carboxylic acids is 1. The van der Waals surface area contributed by atoms with E-state index in [1.165, 1.54) is 0 Å². The van der Waals surface area contributed by atoms with E-state index in [2.05, 4.69) is 15.9 Å². The molecule has 0 fully saturated rings. The largest absolute Gasteiger partial charge is 0.482 e. The maximum Gasteiger partial charge on any atom is 0.341 e. The number of ketones is 1. The van der Waals surface area contributed by atoms with E-state index in [4.69, 9.17) is 9.84 Å². The summed E-state index contributed by atoms with van der Waals surface area (Å²) in [5.41, 5.74) is 2.27. The number of halogens is 1. The van der Waals surface area contributed by atoms with Crippen LogP contribution in [0.3, 0.4) is 0 Å². The molecule has 1 aromatic rings. The van der Waals surface area contributed by atoms with E-state index in [9.17, 15) is 9.59 Å². The molecule has 4 nitrogen and oxygen atoms in total. The van der Waals surface area contributed by atoms with Gasteiger partial charge in [0.1, 0.15) is 5.75 Å². The number of carbonyl (C=O) groups is 2. The molecule has 1 N–H and O–H groups in total. The normalized spacial score (nSPS) is 11.3. The molecule has 116 valence electrons. The Labute approximate surface area is 133 Å². The van der Waals surface area contributed by atoms with Gasteiger partial charge in [0, 0.05) is 5.56 Å². The van der Waals surface area contributed by atoms with Crippen molar-refractivity contribution in [3.05, 3.63) is 28.8 Å². The number of hydrogen-bond acceptors (Lipinski definition) is 3. The third kappa shape index (κ3) is 3.84. The van der Waals surface area contributed by atoms with Crippen molar-refractivity contribution >= 4 is 27.7 Å². The van der Waals surface area contributed by atoms with Crippen molar-refractivity contribution in [3.8, 4) is 5.75 Å². The van der Waals surface area contributed by atoms with Crippen LogP contribution < -0.4 is 4.74 Å². The molecule has 0 bridgehead atoms. The van der Waals surface area contributed by atoms with Gasteiger partial charge in [0.2, 0.25) is 0 Å². The van der Waals surface area contributed by atoms with Crippen LogP contribution in [0.25, 0.3) is 0 Å². The summed E-state index contributed by atoms with van der Waals surface area (Å²) in [4.78, 5) is 23.3. The van der Waals surface area contributed by atoms with E-state index >= 15 is 0 Å². The number of rotatable bonds is 7. The average Bonchev–Trinajstić information content (AvgIpc) is 2.47. The van der Waals surface area contributed by atoms with Crippen LogP contribution in [0.2, 0.25) is 0 Å². The number of ether oxygens (including phenoxy) is 1. The predicted octanol–water partition coefficient (Wildman–Crippen LogP) is 3.90. The molecule has 0 amide bonds. The number of Topliss-reactive ketones (excluding diaryl/α,β-unsaturated/α-hetero) is 1. The topological polar surface area (TPSA) is 63.6 Å². The summed E-state index contributed by atoms with van der Waals surface area (Å²) in [5.74, 6) is -0.471. The summed E-state index contributed by atoms with van der Waals surface area (Å²) in [5, 5.41) is 8.66. The lowest BCUT2D eigenvalue weighted by atomic mass is 9.89. The fourth-order valence-electron chi connectivity index (χ4n) is 2.15. The van der Waals surface area contributed by atoms with Crippen LogP contribution in [-0.4, -0.2) is 27.8 Å². The first-order valence-electron chi connectivity index (χ1n) is 6.95. The Morgan fingerprint density at radius 1 is 1.19 bits per heavy atom. The van der Waals surface area contributed by atoms with Gasteiger partial charge >= 0.3 is 5.97 Å². The first kappa shape index (κ1) is 17.7. The summed E-state index contributed by atoms with van der Waals surface area (Å²) >= 11 is 3.55. The van der Waals surface area contributed by atoms with Gasteiger partial charge < -0.3 is 9.84 Å². The maximum atomic E-state index is 12.7. The zero-order valence-corrected chi connectivity index (χ0v) is 14.4. The van der Waals surface area contributed by atoms with E-state index in [1.54, 1.807) is 12.1 Å². The molecule has 1 rings (SSSR count). The zero-order valence-electron chi connectivity index (χ0n) is 12.8. The number of carbonyl (C=O) groups excluding carboxylic acids is 1. The van der Waals surface area contributed by atoms with E-state index in [-0.39, 0.29) is 12.4 Å². The molecule has 0 aliphatic rings. The smallest absolute Gasteiger partial charge is 0.341 e. The molecule has 0 saturated heterocycles. The van der Waals surface area contributed by atoms with Gasteiger partial charge in [-0.05, 0) is 49.9 Å². The van der Waals surface area contributed by atoms with Crippen molar-refractivity contribution in [1.29, 1.82) is 0 Å². The van der Waals surface area contributed by atoms with Gasteiger partial charge in [0.25, 0.3) is 0 Å². The van der Waals surface area contributed by atoms with Crippen molar-refractivity contribution in [3.63, 3.8) is 0 Å². The van der Waals surface area contributed by atoms with Crippen molar-refractivity contribution in [1.82, 2.24) is 0 Å². The van der Waals surface area contributed by atoms with Gasteiger partial charge in [-0.2, -0.15) is 0 Å². The quantitative estimate of drug-likeness (QED) is 0.594. The third-order valence-electron chi connectivity index (χ3n) is 3.86. The lowest BCUT2D eigenvalue weighted by Crippen LogP contribution is -2.31. The SMILES string of the molecule is CCC(Br)(CC)C(=O)c1ccc(OCC(=O)O)c(C)c1C. The van der Waals surface area contributed by atoms with Crippen LogP contribution >= 0.6 is 15.9 Å². The summed E-state index contributed by atoms with van der Waals surface area (Å²) in [6.07, 6.45) is 1.41. The minimum Gasteiger partial charge on any atom is -0.482 e. The van der Waals surface area contributed by atoms with Gasteiger partial charge in [0.05, 0.1) is 4.32 Å². The highest BCUT2D eigenvalue weighted by atomic mass is 79.9. The zero-order chi connectivity index (χ0) is 16.2. The molecule has 0 saturated carbocycles. The Hall–Kier alpha value is -1.36. The van der Waals surface area contributed by atoms with Crippen LogP contribution in [0.1, 0.15) is 48.2 Å². The molecule has 0 atom stereocenters. The molecule has 0 aliphatic carbocycles. The van der Waals surface area contributed by atoms with Gasteiger partial charge in [0.15, 0.2) is 12.4 Å². The lowest BCUT2D eigenvalue weighted by molar-refractivity contribution is -0.139. The van der Waals surface area contributed by atoms with Crippen LogP contribution in [0.4, 0.5) is 0 Å². The van der Waals surface area contributed by atoms with Crippen LogP contribution in [0, 0.1) is 13.8 Å². The fourth-order valence-corrected chi connectivity index (χ4v) is 2.36. The summed E-state index contributed by atoms with van der Waals surface area (Å²) in [6, 6.07) is 3.38. The highest BCUT2D eigenvalue weighted by Gasteiger charge is 2.33. The number of carboxylic acids is 1. The Kier molecular flexibility index (Phi) is 5.96. The van der Waals surface area contributed by atoms with Crippen molar-refractivity contribution in [2.24, 2.45) is 0 Å². The molecule has 1 aromatic carbocycles. The van der Waals surface area contributed by atoms with E-state index in [1.807, 2.05) is 27.7 Å². The summed E-state index contributed by atoms with van der Waals surface area (Å²) in [7, 11) is 0. The highest BCUT2D eigenvalue weighted by Crippen LogP contribution is 2.34. The van der Waals surface area contributed by atoms with Crippen LogP contribution in [-0.2, 0) is 4.79 Å². The van der Waals surface area contributed by atoms with Gasteiger partial charge in [-0.15, -0.1) is 0 Å². The van der Waals surface area contributed by atoms with Crippen LogP contribution in [0.5, 0.6) is 5.75 Å². The lowest BCUT2D eigenvalue weighted by Gasteiger charge is -2.24. The molecular weight excluding hydrogens is 336 g/mol. The molecule has 0 unspecified atom stereocenters.